The minimum absolute atomic E-state index is 0.0269. The maximum atomic E-state index is 13.2. The van der Waals surface area contributed by atoms with E-state index in [0.29, 0.717) is 5.56 Å². The van der Waals surface area contributed by atoms with E-state index in [1.807, 2.05) is 22.5 Å². The summed E-state index contributed by atoms with van der Waals surface area (Å²) in [7, 11) is 0. The molecule has 0 unspecified atom stereocenters. The Morgan fingerprint density at radius 1 is 1.21 bits per heavy atom. The van der Waals surface area contributed by atoms with Gasteiger partial charge in [-0.05, 0) is 51.2 Å². The molecule has 2 aromatic heterocycles. The molecule has 1 N–H and O–H groups in total. The lowest BCUT2D eigenvalue weighted by atomic mass is 10.0. The minimum atomic E-state index is -0.0269. The van der Waals surface area contributed by atoms with Crippen molar-refractivity contribution in [1.29, 1.82) is 0 Å². The fourth-order valence-electron chi connectivity index (χ4n) is 3.56. The van der Waals surface area contributed by atoms with Crippen molar-refractivity contribution in [2.75, 3.05) is 11.5 Å². The molecule has 146 valence electrons. The number of pyridine rings is 1. The van der Waals surface area contributed by atoms with Crippen LogP contribution in [-0.4, -0.2) is 38.2 Å². The highest BCUT2D eigenvalue weighted by molar-refractivity contribution is 7.99. The first-order chi connectivity index (χ1) is 13.5. The molecule has 3 aromatic rings. The third kappa shape index (κ3) is 3.78. The summed E-state index contributed by atoms with van der Waals surface area (Å²) in [5.74, 6) is 2.19. The number of aryl methyl sites for hydroxylation is 1. The summed E-state index contributed by atoms with van der Waals surface area (Å²) in [5, 5.41) is 8.55. The van der Waals surface area contributed by atoms with Gasteiger partial charge in [0.25, 0.3) is 5.91 Å². The van der Waals surface area contributed by atoms with Crippen molar-refractivity contribution in [3.8, 4) is 11.3 Å². The van der Waals surface area contributed by atoms with Crippen LogP contribution in [0.2, 0.25) is 0 Å². The Bertz CT molecular complexity index is 988. The van der Waals surface area contributed by atoms with Crippen molar-refractivity contribution < 1.29 is 4.79 Å². The summed E-state index contributed by atoms with van der Waals surface area (Å²) in [5.41, 5.74) is 4.43. The molecule has 28 heavy (non-hydrogen) atoms. The number of amides is 1. The molecule has 1 aromatic carbocycles. The van der Waals surface area contributed by atoms with Crippen molar-refractivity contribution in [1.82, 2.24) is 20.1 Å². The molecule has 0 spiro atoms. The number of hydrogen-bond donors (Lipinski definition) is 1. The number of hydrogen-bond acceptors (Lipinski definition) is 4. The van der Waals surface area contributed by atoms with Crippen molar-refractivity contribution in [3.63, 3.8) is 0 Å². The molecule has 5 nitrogen and oxygen atoms in total. The fraction of sp³-hybridized carbons (Fsp3) is 0.409. The fourth-order valence-corrected chi connectivity index (χ4v) is 4.67. The number of aromatic nitrogens is 3. The van der Waals surface area contributed by atoms with Gasteiger partial charge in [0, 0.05) is 17.6 Å². The SMILES string of the molecule is Cc1ccc(-c2cc(C(=O)NC3CCSCC3)c3cnn(C(C)C)c3n2)cc1. The number of carbonyl (C=O) groups excluding carboxylic acids is 1. The van der Waals surface area contributed by atoms with Crippen LogP contribution < -0.4 is 5.32 Å². The lowest BCUT2D eigenvalue weighted by Crippen LogP contribution is -2.37. The van der Waals surface area contributed by atoms with E-state index in [2.05, 4.69) is 55.5 Å². The summed E-state index contributed by atoms with van der Waals surface area (Å²) in [6.07, 6.45) is 3.83. The van der Waals surface area contributed by atoms with Crippen LogP contribution in [0.15, 0.2) is 36.5 Å². The van der Waals surface area contributed by atoms with E-state index in [1.165, 1.54) is 5.56 Å². The van der Waals surface area contributed by atoms with Crippen LogP contribution in [-0.2, 0) is 0 Å². The maximum Gasteiger partial charge on any atom is 0.252 e. The topological polar surface area (TPSA) is 59.8 Å². The Kier molecular flexibility index (Phi) is 5.40. The van der Waals surface area contributed by atoms with Gasteiger partial charge in [-0.2, -0.15) is 16.9 Å². The molecule has 1 fully saturated rings. The van der Waals surface area contributed by atoms with Crippen LogP contribution >= 0.6 is 11.8 Å². The quantitative estimate of drug-likeness (QED) is 0.702. The van der Waals surface area contributed by atoms with Gasteiger partial charge in [0.15, 0.2) is 5.65 Å². The van der Waals surface area contributed by atoms with E-state index < -0.39 is 0 Å². The molecule has 0 radical (unpaired) electrons. The Hall–Kier alpha value is -2.34. The van der Waals surface area contributed by atoms with Crippen molar-refractivity contribution in [2.24, 2.45) is 0 Å². The van der Waals surface area contributed by atoms with Gasteiger partial charge in [-0.15, -0.1) is 0 Å². The standard InChI is InChI=1S/C22H26N4OS/c1-14(2)26-21-19(13-23-26)18(22(27)24-17-8-10-28-11-9-17)12-20(25-21)16-6-4-15(3)5-7-16/h4-7,12-14,17H,8-11H2,1-3H3,(H,24,27). The molecule has 1 aliphatic heterocycles. The van der Waals surface area contributed by atoms with Gasteiger partial charge in [0.05, 0.1) is 22.8 Å². The third-order valence-corrected chi connectivity index (χ3v) is 6.25. The van der Waals surface area contributed by atoms with Gasteiger partial charge >= 0.3 is 0 Å². The second-order valence-electron chi connectivity index (χ2n) is 7.70. The van der Waals surface area contributed by atoms with E-state index in [-0.39, 0.29) is 18.0 Å². The average Bonchev–Trinajstić information content (AvgIpc) is 3.13. The number of nitrogens with zero attached hydrogens (tertiary/aromatic N) is 3. The van der Waals surface area contributed by atoms with E-state index in [0.717, 1.165) is 46.6 Å². The van der Waals surface area contributed by atoms with Gasteiger partial charge in [0.1, 0.15) is 0 Å². The summed E-state index contributed by atoms with van der Waals surface area (Å²) >= 11 is 1.96. The number of fused-ring (bicyclic) bond motifs is 1. The van der Waals surface area contributed by atoms with Crippen LogP contribution in [0, 0.1) is 6.92 Å². The first kappa shape index (κ1) is 19.0. The van der Waals surface area contributed by atoms with E-state index in [4.69, 9.17) is 4.98 Å². The molecule has 4 rings (SSSR count). The summed E-state index contributed by atoms with van der Waals surface area (Å²) in [6.45, 7) is 6.22. The number of nitrogens with one attached hydrogen (secondary N) is 1. The molecule has 0 bridgehead atoms. The molecule has 1 saturated heterocycles. The van der Waals surface area contributed by atoms with Crippen LogP contribution in [0.4, 0.5) is 0 Å². The highest BCUT2D eigenvalue weighted by atomic mass is 32.2. The normalized spacial score (nSPS) is 15.3. The second-order valence-corrected chi connectivity index (χ2v) is 8.93. The largest absolute Gasteiger partial charge is 0.349 e. The van der Waals surface area contributed by atoms with Gasteiger partial charge in [-0.1, -0.05) is 29.8 Å². The van der Waals surface area contributed by atoms with Crippen LogP contribution in [0.3, 0.4) is 0 Å². The summed E-state index contributed by atoms with van der Waals surface area (Å²) in [4.78, 5) is 18.0. The lowest BCUT2D eigenvalue weighted by Gasteiger charge is -2.22. The number of thioether (sulfide) groups is 1. The zero-order chi connectivity index (χ0) is 19.7. The first-order valence-corrected chi connectivity index (χ1v) is 11.0. The molecular formula is C22H26N4OS. The highest BCUT2D eigenvalue weighted by Crippen LogP contribution is 2.27. The third-order valence-electron chi connectivity index (χ3n) is 5.20. The predicted octanol–water partition coefficient (Wildman–Crippen LogP) is 4.61. The van der Waals surface area contributed by atoms with E-state index in [1.54, 1.807) is 6.20 Å². The van der Waals surface area contributed by atoms with Gasteiger partial charge in [-0.3, -0.25) is 4.79 Å². The van der Waals surface area contributed by atoms with Crippen LogP contribution in [0.1, 0.15) is 48.7 Å². The summed E-state index contributed by atoms with van der Waals surface area (Å²) in [6, 6.07) is 10.6. The van der Waals surface area contributed by atoms with Crippen LogP contribution in [0.25, 0.3) is 22.3 Å². The van der Waals surface area contributed by atoms with Crippen molar-refractivity contribution in [2.45, 2.75) is 45.7 Å². The first-order valence-electron chi connectivity index (χ1n) is 9.87. The Morgan fingerprint density at radius 3 is 2.61 bits per heavy atom. The predicted molar refractivity (Wildman–Crippen MR) is 116 cm³/mol. The molecule has 3 heterocycles. The van der Waals surface area contributed by atoms with Gasteiger partial charge in [0.2, 0.25) is 0 Å². The van der Waals surface area contributed by atoms with Crippen molar-refractivity contribution in [3.05, 3.63) is 47.7 Å². The summed E-state index contributed by atoms with van der Waals surface area (Å²) < 4.78 is 1.89. The highest BCUT2D eigenvalue weighted by Gasteiger charge is 2.22. The molecule has 0 atom stereocenters. The zero-order valence-electron chi connectivity index (χ0n) is 16.6. The van der Waals surface area contributed by atoms with Crippen molar-refractivity contribution >= 4 is 28.7 Å². The number of rotatable bonds is 4. The average molecular weight is 395 g/mol. The van der Waals surface area contributed by atoms with E-state index >= 15 is 0 Å². The second kappa shape index (κ2) is 7.95. The monoisotopic (exact) mass is 394 g/mol. The Labute approximate surface area is 169 Å². The number of carbonyl (C=O) groups is 1. The Balaban J connectivity index is 1.79. The lowest BCUT2D eigenvalue weighted by molar-refractivity contribution is 0.0936. The molecular weight excluding hydrogens is 368 g/mol. The minimum Gasteiger partial charge on any atom is -0.349 e. The Morgan fingerprint density at radius 2 is 1.93 bits per heavy atom. The smallest absolute Gasteiger partial charge is 0.252 e. The molecule has 6 heteroatoms. The molecule has 0 aliphatic carbocycles. The van der Waals surface area contributed by atoms with E-state index in [9.17, 15) is 4.79 Å². The maximum absolute atomic E-state index is 13.2. The van der Waals surface area contributed by atoms with Crippen LogP contribution in [0.5, 0.6) is 0 Å². The molecule has 1 amide bonds. The molecule has 0 saturated carbocycles. The number of benzene rings is 1. The molecule has 1 aliphatic rings. The zero-order valence-corrected chi connectivity index (χ0v) is 17.4. The van der Waals surface area contributed by atoms with Gasteiger partial charge in [-0.25, -0.2) is 9.67 Å². The van der Waals surface area contributed by atoms with Gasteiger partial charge < -0.3 is 5.32 Å².